The number of halogens is 1. The third-order valence-corrected chi connectivity index (χ3v) is 11.6. The Morgan fingerprint density at radius 1 is 0.500 bits per heavy atom. The highest BCUT2D eigenvalue weighted by Crippen LogP contribution is 2.49. The van der Waals surface area contributed by atoms with Crippen LogP contribution in [0.4, 0.5) is 0 Å². The lowest BCUT2D eigenvalue weighted by Crippen LogP contribution is -2.60. The monoisotopic (exact) mass is 684 g/mol. The molecule has 0 saturated heterocycles. The summed E-state index contributed by atoms with van der Waals surface area (Å²) in [5, 5.41) is 0. The summed E-state index contributed by atoms with van der Waals surface area (Å²) in [5.74, 6) is 0. The fourth-order valence-corrected chi connectivity index (χ4v) is 9.35. The Bertz CT molecular complexity index is 2060. The van der Waals surface area contributed by atoms with Crippen molar-refractivity contribution in [3.63, 3.8) is 0 Å². The Morgan fingerprint density at radius 2 is 0.938 bits per heavy atom. The molecule has 7 heteroatoms. The van der Waals surface area contributed by atoms with Gasteiger partial charge in [0, 0.05) is 9.81 Å². The average Bonchev–Trinajstić information content (AvgIpc) is 3.13. The van der Waals surface area contributed by atoms with Gasteiger partial charge in [0.2, 0.25) is 0 Å². The van der Waals surface area contributed by atoms with E-state index in [1.54, 1.807) is 11.8 Å². The quantitative estimate of drug-likeness (QED) is 0.158. The van der Waals surface area contributed by atoms with Crippen molar-refractivity contribution >= 4 is 47.7 Å². The average molecular weight is 685 g/mol. The van der Waals surface area contributed by atoms with Crippen molar-refractivity contribution in [2.24, 2.45) is 0 Å². The molecule has 4 nitrogen and oxygen atoms in total. The van der Waals surface area contributed by atoms with Crippen molar-refractivity contribution in [1.29, 1.82) is 0 Å². The lowest BCUT2D eigenvalue weighted by molar-refractivity contribution is -1.91. The van der Waals surface area contributed by atoms with Gasteiger partial charge in [-0.25, -0.2) is 0 Å². The summed E-state index contributed by atoms with van der Waals surface area (Å²) in [6.07, 6.45) is 8.38. The van der Waals surface area contributed by atoms with Crippen LogP contribution in [-0.2, 0) is 3.74 Å². The van der Waals surface area contributed by atoms with Gasteiger partial charge < -0.3 is 0 Å². The van der Waals surface area contributed by atoms with Gasteiger partial charge in [0.25, 0.3) is 0 Å². The largest absolute Gasteiger partial charge is 0.182 e. The molecule has 5 aromatic carbocycles. The lowest BCUT2D eigenvalue weighted by Gasteiger charge is -2.25. The van der Waals surface area contributed by atoms with Crippen LogP contribution >= 0.6 is 22.5 Å². The van der Waals surface area contributed by atoms with E-state index in [0.29, 0.717) is 9.77 Å². The van der Waals surface area contributed by atoms with Crippen LogP contribution in [0.15, 0.2) is 187 Å². The van der Waals surface area contributed by atoms with Crippen LogP contribution in [0.1, 0.15) is 27.8 Å². The molecule has 5 aromatic rings. The van der Waals surface area contributed by atoms with Crippen LogP contribution in [-0.4, -0.2) is 4.86 Å². The number of rotatable bonds is 8. The van der Waals surface area contributed by atoms with Gasteiger partial charge in [-0.2, -0.15) is 14.0 Å². The molecule has 1 atom stereocenters. The molecule has 0 amide bonds. The predicted octanol–water partition coefficient (Wildman–Crippen LogP) is 7.57. The van der Waals surface area contributed by atoms with Crippen molar-refractivity contribution in [2.75, 3.05) is 0 Å². The first-order valence-corrected chi connectivity index (χ1v) is 18.4. The molecule has 0 aromatic heterocycles. The zero-order chi connectivity index (χ0) is 32.9. The molecule has 0 spiro atoms. The van der Waals surface area contributed by atoms with Crippen LogP contribution in [0.2, 0.25) is 0 Å². The molecule has 1 unspecified atom stereocenters. The van der Waals surface area contributed by atoms with Gasteiger partial charge in [0.15, 0.2) is 0 Å². The fourth-order valence-electron chi connectivity index (χ4n) is 5.66. The molecule has 0 N–H and O–H groups in total. The normalized spacial score (nSPS) is 16.4. The van der Waals surface area contributed by atoms with Gasteiger partial charge in [0.05, 0.1) is 20.0 Å². The van der Waals surface area contributed by atoms with E-state index in [4.69, 9.17) is 3.74 Å². The van der Waals surface area contributed by atoms with Gasteiger partial charge in [-0.15, -0.1) is 0 Å². The Labute approximate surface area is 289 Å². The number of hydrogen-bond donors (Lipinski definition) is 0. The summed E-state index contributed by atoms with van der Waals surface area (Å²) in [6, 6.07) is 49.8. The number of thioether (sulfide) groups is 1. The second kappa shape index (κ2) is 14.3. The van der Waals surface area contributed by atoms with E-state index >= 15 is 0 Å². The molecule has 2 aliphatic heterocycles. The predicted molar refractivity (Wildman–Crippen MR) is 192 cm³/mol. The van der Waals surface area contributed by atoms with Gasteiger partial charge in [0.1, 0.15) is 14.5 Å². The zero-order valence-corrected chi connectivity index (χ0v) is 28.0. The maximum absolute atomic E-state index is 12.2. The zero-order valence-electron chi connectivity index (χ0n) is 25.6. The van der Waals surface area contributed by atoms with Crippen molar-refractivity contribution in [2.45, 2.75) is 0 Å². The molecule has 0 bridgehead atoms. The summed E-state index contributed by atoms with van der Waals surface area (Å²) in [4.78, 5) is 3.40. The van der Waals surface area contributed by atoms with E-state index in [1.165, 1.54) is 0 Å². The van der Waals surface area contributed by atoms with E-state index in [2.05, 4.69) is 48.6 Å². The van der Waals surface area contributed by atoms with E-state index in [1.807, 2.05) is 127 Å². The molecule has 0 aliphatic carbocycles. The maximum atomic E-state index is 12.2. The molecule has 0 radical (unpaired) electrons. The summed E-state index contributed by atoms with van der Waals surface area (Å²) >= 11 is 1.73. The first-order valence-electron chi connectivity index (χ1n) is 15.2. The number of allylic oxidation sites excluding steroid dienone is 7. The summed E-state index contributed by atoms with van der Waals surface area (Å²) in [7, 11) is -6.27. The molecule has 0 fully saturated rings. The minimum absolute atomic E-state index is 0.595. The van der Waals surface area contributed by atoms with E-state index in [-0.39, 0.29) is 0 Å². The van der Waals surface area contributed by atoms with Gasteiger partial charge in [-0.1, -0.05) is 163 Å². The SMILES string of the molecule is [O-][Cl+3]([O-])([O-])OS1=C(c2ccccc2)C=C(C(=C2C=C(c3ccccc3)SC(c3ccccc3)=C2)c2ccccc2)C=C1c1ccccc1. The Hall–Kier alpha value is -4.50. The van der Waals surface area contributed by atoms with Gasteiger partial charge >= 0.3 is 0 Å². The molecule has 48 heavy (non-hydrogen) atoms. The number of benzene rings is 5. The highest BCUT2D eigenvalue weighted by Gasteiger charge is 2.33. The highest BCUT2D eigenvalue weighted by atomic mass is 35.7. The summed E-state index contributed by atoms with van der Waals surface area (Å²) in [6.45, 7) is 0. The van der Waals surface area contributed by atoms with Crippen LogP contribution in [0, 0.1) is 10.2 Å². The standard InChI is InChI=1S/C41H29ClO4S2/c43-42(44,45)46-48-39(32-20-10-3-11-21-32)28-36(29-40(48)33-22-12-4-13-23-33)41(34-24-14-5-15-25-34)35-26-37(30-16-6-1-7-17-30)47-38(27-35)31-18-8-2-9-19-31/h1-29H. The summed E-state index contributed by atoms with van der Waals surface area (Å²) < 4.78 is 41.9. The summed E-state index contributed by atoms with van der Waals surface area (Å²) in [5.41, 5.74) is 7.55. The van der Waals surface area contributed by atoms with Crippen molar-refractivity contribution in [1.82, 2.24) is 0 Å². The topological polar surface area (TPSA) is 78.4 Å². The molecule has 7 rings (SSSR count). The third kappa shape index (κ3) is 7.31. The van der Waals surface area contributed by atoms with Gasteiger partial charge in [-0.3, -0.25) is 0 Å². The van der Waals surface area contributed by atoms with Crippen molar-refractivity contribution < 1.29 is 28.0 Å². The fraction of sp³-hybridized carbons (Fsp3) is 0. The third-order valence-electron chi connectivity index (χ3n) is 7.78. The molecular weight excluding hydrogens is 656 g/mol. The molecule has 0 saturated carbocycles. The Kier molecular flexibility index (Phi) is 9.57. The van der Waals surface area contributed by atoms with Crippen molar-refractivity contribution in [3.05, 3.63) is 215 Å². The van der Waals surface area contributed by atoms with Crippen LogP contribution < -0.4 is 14.0 Å². The first kappa shape index (κ1) is 32.1. The van der Waals surface area contributed by atoms with Crippen LogP contribution in [0.5, 0.6) is 0 Å². The second-order valence-electron chi connectivity index (χ2n) is 11.0. The second-order valence-corrected chi connectivity index (χ2v) is 14.7. The van der Waals surface area contributed by atoms with Crippen molar-refractivity contribution in [3.8, 4) is 0 Å². The van der Waals surface area contributed by atoms with Crippen LogP contribution in [0.25, 0.3) is 20.3 Å². The minimum Gasteiger partial charge on any atom is -0.182 e. The Morgan fingerprint density at radius 3 is 1.42 bits per heavy atom. The first-order chi connectivity index (χ1) is 23.4. The van der Waals surface area contributed by atoms with Gasteiger partial charge in [-0.05, 0) is 68.8 Å². The molecule has 236 valence electrons. The number of hydrogen-bond acceptors (Lipinski definition) is 5. The van der Waals surface area contributed by atoms with E-state index in [9.17, 15) is 14.0 Å². The smallest absolute Gasteiger partial charge is 0.148 e. The van der Waals surface area contributed by atoms with E-state index in [0.717, 1.165) is 54.3 Å². The highest BCUT2D eigenvalue weighted by molar-refractivity contribution is 8.20. The minimum atomic E-state index is -4.73. The molecule has 2 heterocycles. The molecular formula is C41H29ClO4S2. The van der Waals surface area contributed by atoms with E-state index < -0.39 is 21.0 Å². The maximum Gasteiger partial charge on any atom is 0.148 e. The lowest BCUT2D eigenvalue weighted by atomic mass is 9.89. The Balaban J connectivity index is 1.55. The van der Waals surface area contributed by atoms with Crippen LogP contribution in [0.3, 0.4) is 0 Å². The molecule has 2 aliphatic rings.